The van der Waals surface area contributed by atoms with Crippen LogP contribution in [0.1, 0.15) is 88.2 Å². The number of nitrogens with zero attached hydrogens (tertiary/aromatic N) is 3. The van der Waals surface area contributed by atoms with E-state index in [9.17, 15) is 15.0 Å². The third-order valence-corrected chi connectivity index (χ3v) is 13.4. The van der Waals surface area contributed by atoms with Crippen molar-refractivity contribution in [1.82, 2.24) is 9.80 Å². The van der Waals surface area contributed by atoms with Crippen molar-refractivity contribution < 1.29 is 43.5 Å². The largest absolute Gasteiger partial charge is 0.492 e. The highest BCUT2D eigenvalue weighted by Gasteiger charge is 2.65. The molecule has 5 aliphatic rings. The summed E-state index contributed by atoms with van der Waals surface area (Å²) in [5.41, 5.74) is 3.69. The molecule has 1 amide bonds. The number of allylic oxidation sites excluding steroid dienone is 1. The maximum Gasteiger partial charge on any atom is 0.410 e. The van der Waals surface area contributed by atoms with Gasteiger partial charge in [0.2, 0.25) is 12.1 Å². The molecule has 0 spiro atoms. The fourth-order valence-corrected chi connectivity index (χ4v) is 10.4. The van der Waals surface area contributed by atoms with Gasteiger partial charge in [0, 0.05) is 57.2 Å². The van der Waals surface area contributed by atoms with Crippen LogP contribution >= 0.6 is 0 Å². The van der Waals surface area contributed by atoms with Gasteiger partial charge in [0.15, 0.2) is 0 Å². The number of aliphatic hydroxyl groups excluding tert-OH is 2. The van der Waals surface area contributed by atoms with Crippen molar-refractivity contribution in [2.75, 3.05) is 59.3 Å². The number of aliphatic hydroxyl groups is 2. The molecule has 3 aliphatic heterocycles. The van der Waals surface area contributed by atoms with Gasteiger partial charge >= 0.3 is 6.09 Å². The molecule has 0 aromatic heterocycles. The molecule has 3 fully saturated rings. The first kappa shape index (κ1) is 44.2. The molecule has 7 atom stereocenters. The second-order valence-corrected chi connectivity index (χ2v) is 17.3. The molecule has 3 aromatic carbocycles. The van der Waals surface area contributed by atoms with Gasteiger partial charge in [0.1, 0.15) is 24.1 Å². The SMILES string of the molecule is C=CCOC12Oc3ccc(OCCN4CC4)cc3C3C(CCCCO)C(CCCCO)C=C(C(=NOC4CCCCO4)CC1N(Cc1cccc4ccccc14)C(=O)OCC)C32. The van der Waals surface area contributed by atoms with E-state index in [0.717, 1.165) is 104 Å². The number of amides is 1. The summed E-state index contributed by atoms with van der Waals surface area (Å²) < 4.78 is 33.0. The molecule has 2 N–H and O–H groups in total. The fraction of sp³-hybridized carbons (Fsp3) is 0.560. The zero-order valence-corrected chi connectivity index (χ0v) is 36.3. The van der Waals surface area contributed by atoms with Crippen LogP contribution in [0.15, 0.2) is 90.1 Å². The summed E-state index contributed by atoms with van der Waals surface area (Å²) in [6, 6.07) is 19.8. The van der Waals surface area contributed by atoms with Crippen molar-refractivity contribution in [1.29, 1.82) is 0 Å². The van der Waals surface area contributed by atoms with Gasteiger partial charge < -0.3 is 38.7 Å². The Bertz CT molecular complexity index is 2040. The summed E-state index contributed by atoms with van der Waals surface area (Å²) in [4.78, 5) is 25.2. The predicted octanol–water partition coefficient (Wildman–Crippen LogP) is 8.35. The molecule has 12 heteroatoms. The Kier molecular flexibility index (Phi) is 14.8. The van der Waals surface area contributed by atoms with Gasteiger partial charge in [0.05, 0.1) is 38.0 Å². The van der Waals surface area contributed by atoms with E-state index in [-0.39, 0.29) is 57.1 Å². The number of ether oxygens (including phenoxy) is 5. The molecule has 3 aromatic rings. The summed E-state index contributed by atoms with van der Waals surface area (Å²) >= 11 is 0. The van der Waals surface area contributed by atoms with Crippen molar-refractivity contribution in [2.24, 2.45) is 22.9 Å². The Morgan fingerprint density at radius 1 is 1.03 bits per heavy atom. The highest BCUT2D eigenvalue weighted by molar-refractivity contribution is 6.03. The molecule has 8 rings (SSSR count). The number of fused-ring (bicyclic) bond motifs is 3. The van der Waals surface area contributed by atoms with Gasteiger partial charge in [-0.2, -0.15) is 0 Å². The van der Waals surface area contributed by atoms with Crippen LogP contribution in [0.4, 0.5) is 4.79 Å². The average molecular weight is 852 g/mol. The summed E-state index contributed by atoms with van der Waals surface area (Å²) in [6.07, 6.45) is 10.9. The zero-order chi connectivity index (χ0) is 42.9. The van der Waals surface area contributed by atoms with Crippen LogP contribution in [-0.4, -0.2) is 109 Å². The monoisotopic (exact) mass is 851 g/mol. The smallest absolute Gasteiger partial charge is 0.410 e. The standard InChI is InChI=1S/C50H65N3O9/c1-3-28-60-50-45(53(49(56)57-4-2)34-37-17-13-16-35-14-5-6-18-39(35)37)33-43(51-62-46-20-9-12-29-59-46)41-31-36(15-7-10-26-54)40(19-8-11-27-55)47(48(41)50)42-32-38(21-22-44(42)61-50)58-30-25-52-23-24-52/h3,5-6,13-14,16-18,21-22,31-32,36,40,45-48,54-55H,1,4,7-12,15,19-20,23-30,33-34H2,2H3. The zero-order valence-electron chi connectivity index (χ0n) is 36.3. The third kappa shape index (κ3) is 9.70. The fourth-order valence-electron chi connectivity index (χ4n) is 10.4. The first-order valence-corrected chi connectivity index (χ1v) is 23.1. The normalized spacial score (nSPS) is 27.1. The first-order chi connectivity index (χ1) is 30.5. The van der Waals surface area contributed by atoms with Gasteiger partial charge in [-0.25, -0.2) is 4.79 Å². The lowest BCUT2D eigenvalue weighted by molar-refractivity contribution is -0.256. The van der Waals surface area contributed by atoms with Crippen LogP contribution in [0.2, 0.25) is 0 Å². The second-order valence-electron chi connectivity index (χ2n) is 17.3. The predicted molar refractivity (Wildman–Crippen MR) is 238 cm³/mol. The molecule has 1 saturated carbocycles. The lowest BCUT2D eigenvalue weighted by atomic mass is 9.55. The van der Waals surface area contributed by atoms with Crippen LogP contribution in [0.5, 0.6) is 11.5 Å². The lowest BCUT2D eigenvalue weighted by Gasteiger charge is -2.60. The molecular formula is C50H65N3O9. The third-order valence-electron chi connectivity index (χ3n) is 13.4. The summed E-state index contributed by atoms with van der Waals surface area (Å²) in [6.45, 7) is 11.0. The van der Waals surface area contributed by atoms with Crippen LogP contribution < -0.4 is 9.47 Å². The summed E-state index contributed by atoms with van der Waals surface area (Å²) in [5, 5.41) is 27.1. The molecule has 2 aliphatic carbocycles. The molecule has 334 valence electrons. The summed E-state index contributed by atoms with van der Waals surface area (Å²) in [5.74, 6) is -0.376. The average Bonchev–Trinajstić information content (AvgIpc) is 4.13. The number of carbonyl (C=O) groups is 1. The highest BCUT2D eigenvalue weighted by atomic mass is 16.8. The first-order valence-electron chi connectivity index (χ1n) is 23.1. The van der Waals surface area contributed by atoms with E-state index < -0.39 is 30.1 Å². The lowest BCUT2D eigenvalue weighted by Crippen LogP contribution is -2.70. The van der Waals surface area contributed by atoms with E-state index in [4.69, 9.17) is 33.7 Å². The number of carbonyl (C=O) groups excluding carboxylic acids is 1. The van der Waals surface area contributed by atoms with Gasteiger partial charge in [-0.05, 0) is 97.4 Å². The van der Waals surface area contributed by atoms with Crippen molar-refractivity contribution in [3.05, 3.63) is 96.1 Å². The maximum absolute atomic E-state index is 14.7. The molecule has 12 nitrogen and oxygen atoms in total. The molecule has 7 unspecified atom stereocenters. The molecule has 2 saturated heterocycles. The Balaban J connectivity index is 1.32. The van der Waals surface area contributed by atoms with Crippen LogP contribution in [0, 0.1) is 17.8 Å². The van der Waals surface area contributed by atoms with Gasteiger partial charge in [-0.1, -0.05) is 72.6 Å². The Labute approximate surface area is 366 Å². The van der Waals surface area contributed by atoms with Crippen LogP contribution in [-0.2, 0) is 25.6 Å². The molecule has 0 radical (unpaired) electrons. The van der Waals surface area contributed by atoms with Gasteiger partial charge in [-0.15, -0.1) is 6.58 Å². The Morgan fingerprint density at radius 2 is 1.85 bits per heavy atom. The number of oxime groups is 1. The number of rotatable bonds is 21. The molecule has 0 bridgehead atoms. The van der Waals surface area contributed by atoms with Gasteiger partial charge in [-0.3, -0.25) is 9.80 Å². The quantitative estimate of drug-likeness (QED) is 0.0467. The van der Waals surface area contributed by atoms with Crippen molar-refractivity contribution in [3.63, 3.8) is 0 Å². The highest BCUT2D eigenvalue weighted by Crippen LogP contribution is 2.62. The number of hydrogen-bond acceptors (Lipinski definition) is 11. The van der Waals surface area contributed by atoms with Gasteiger partial charge in [0.25, 0.3) is 0 Å². The summed E-state index contributed by atoms with van der Waals surface area (Å²) in [7, 11) is 0. The molecule has 62 heavy (non-hydrogen) atoms. The van der Waals surface area contributed by atoms with Crippen molar-refractivity contribution in [2.45, 2.75) is 102 Å². The van der Waals surface area contributed by atoms with E-state index in [1.165, 1.54) is 0 Å². The van der Waals surface area contributed by atoms with E-state index in [2.05, 4.69) is 47.9 Å². The molecular weight excluding hydrogens is 787 g/mol. The Morgan fingerprint density at radius 3 is 2.63 bits per heavy atom. The van der Waals surface area contributed by atoms with E-state index >= 15 is 0 Å². The van der Waals surface area contributed by atoms with Crippen molar-refractivity contribution >= 4 is 22.6 Å². The van der Waals surface area contributed by atoms with E-state index in [1.807, 2.05) is 37.3 Å². The minimum absolute atomic E-state index is 0.0906. The number of benzene rings is 3. The molecule has 3 heterocycles. The minimum atomic E-state index is -1.41. The number of hydrogen-bond donors (Lipinski definition) is 2. The van der Waals surface area contributed by atoms with E-state index in [1.54, 1.807) is 11.0 Å². The second kappa shape index (κ2) is 20.8. The van der Waals surface area contributed by atoms with Crippen molar-refractivity contribution in [3.8, 4) is 11.5 Å². The number of unbranched alkanes of at least 4 members (excludes halogenated alkanes) is 2. The Hall–Kier alpha value is -4.46. The van der Waals surface area contributed by atoms with Crippen LogP contribution in [0.25, 0.3) is 10.8 Å². The maximum atomic E-state index is 14.7. The topological polar surface area (TPSA) is 132 Å². The van der Waals surface area contributed by atoms with Crippen LogP contribution in [0.3, 0.4) is 0 Å². The van der Waals surface area contributed by atoms with E-state index in [0.29, 0.717) is 31.8 Å². The minimum Gasteiger partial charge on any atom is -0.492 e.